The van der Waals surface area contributed by atoms with Crippen molar-refractivity contribution < 1.29 is 9.90 Å². The van der Waals surface area contributed by atoms with Crippen LogP contribution in [0.5, 0.6) is 0 Å². The highest BCUT2D eigenvalue weighted by Crippen LogP contribution is 2.23. The molecule has 0 saturated heterocycles. The summed E-state index contributed by atoms with van der Waals surface area (Å²) in [4.78, 5) is 14.2. The molecule has 1 aliphatic carbocycles. The Morgan fingerprint density at radius 2 is 2.06 bits per heavy atom. The van der Waals surface area contributed by atoms with Gasteiger partial charge in [-0.1, -0.05) is 26.2 Å². The lowest BCUT2D eigenvalue weighted by molar-refractivity contribution is -0.135. The molecule has 106 valence electrons. The number of carbonyl (C=O) groups excluding carboxylic acids is 1. The van der Waals surface area contributed by atoms with Gasteiger partial charge in [0.15, 0.2) is 0 Å². The number of aliphatic hydroxyl groups is 1. The minimum Gasteiger partial charge on any atom is -0.395 e. The molecule has 0 bridgehead atoms. The number of hydrogen-bond acceptors (Lipinski definition) is 3. The number of amides is 1. The Kier molecular flexibility index (Phi) is 7.28. The molecule has 1 rings (SSSR count). The van der Waals surface area contributed by atoms with Crippen molar-refractivity contribution in [1.82, 2.24) is 10.2 Å². The van der Waals surface area contributed by atoms with Gasteiger partial charge in [0.25, 0.3) is 0 Å². The molecule has 0 aromatic heterocycles. The van der Waals surface area contributed by atoms with Gasteiger partial charge < -0.3 is 15.3 Å². The first-order valence-electron chi connectivity index (χ1n) is 7.32. The molecule has 0 spiro atoms. The number of aliphatic hydroxyl groups excluding tert-OH is 1. The Morgan fingerprint density at radius 1 is 1.39 bits per heavy atom. The van der Waals surface area contributed by atoms with Crippen LogP contribution < -0.4 is 5.32 Å². The molecule has 0 heterocycles. The highest BCUT2D eigenvalue weighted by molar-refractivity contribution is 5.77. The van der Waals surface area contributed by atoms with E-state index in [2.05, 4.69) is 5.32 Å². The topological polar surface area (TPSA) is 52.6 Å². The lowest BCUT2D eigenvalue weighted by Crippen LogP contribution is -2.45. The van der Waals surface area contributed by atoms with Gasteiger partial charge in [0.1, 0.15) is 0 Å². The fraction of sp³-hybridized carbons (Fsp3) is 0.929. The normalized spacial score (nSPS) is 18.6. The van der Waals surface area contributed by atoms with Crippen molar-refractivity contribution in [3.8, 4) is 0 Å². The Hall–Kier alpha value is -0.610. The summed E-state index contributed by atoms with van der Waals surface area (Å²) in [5.41, 5.74) is 0. The Morgan fingerprint density at radius 3 is 2.61 bits per heavy atom. The summed E-state index contributed by atoms with van der Waals surface area (Å²) < 4.78 is 0. The van der Waals surface area contributed by atoms with Crippen LogP contribution in [0.15, 0.2) is 0 Å². The predicted molar refractivity (Wildman–Crippen MR) is 73.4 cm³/mol. The van der Waals surface area contributed by atoms with Gasteiger partial charge in [0.2, 0.25) is 5.91 Å². The molecule has 1 fully saturated rings. The van der Waals surface area contributed by atoms with Gasteiger partial charge in [-0.15, -0.1) is 0 Å². The summed E-state index contributed by atoms with van der Waals surface area (Å²) in [5, 5.41) is 12.4. The molecular formula is C14H28N2O2. The van der Waals surface area contributed by atoms with Crippen molar-refractivity contribution in [3.05, 3.63) is 0 Å². The molecule has 1 aliphatic rings. The zero-order valence-electron chi connectivity index (χ0n) is 11.8. The van der Waals surface area contributed by atoms with Crippen molar-refractivity contribution in [3.63, 3.8) is 0 Å². The van der Waals surface area contributed by atoms with E-state index in [-0.39, 0.29) is 18.6 Å². The summed E-state index contributed by atoms with van der Waals surface area (Å²) in [5.74, 6) is 0.185. The maximum absolute atomic E-state index is 12.3. The Balaban J connectivity index is 2.50. The largest absolute Gasteiger partial charge is 0.395 e. The van der Waals surface area contributed by atoms with Crippen LogP contribution in [0.2, 0.25) is 0 Å². The van der Waals surface area contributed by atoms with E-state index in [1.165, 1.54) is 19.3 Å². The van der Waals surface area contributed by atoms with Gasteiger partial charge in [-0.3, -0.25) is 4.79 Å². The lowest BCUT2D eigenvalue weighted by atomic mass is 9.93. The summed E-state index contributed by atoms with van der Waals surface area (Å²) >= 11 is 0. The van der Waals surface area contributed by atoms with Crippen LogP contribution in [-0.2, 0) is 4.79 Å². The summed E-state index contributed by atoms with van der Waals surface area (Å²) in [7, 11) is 0. The molecule has 1 atom stereocenters. The maximum Gasteiger partial charge on any atom is 0.224 e. The predicted octanol–water partition coefficient (Wildman–Crippen LogP) is 1.53. The van der Waals surface area contributed by atoms with Crippen molar-refractivity contribution in [2.75, 3.05) is 19.7 Å². The SMILES string of the molecule is CCNC(C)CC(=O)N(CCO)C1CCCCC1. The molecule has 0 aliphatic heterocycles. The standard InChI is InChI=1S/C14H28N2O2/c1-3-15-12(2)11-14(18)16(9-10-17)13-7-5-4-6-8-13/h12-13,15,17H,3-11H2,1-2H3. The van der Waals surface area contributed by atoms with Crippen LogP contribution in [0.3, 0.4) is 0 Å². The van der Waals surface area contributed by atoms with Crippen LogP contribution in [0, 0.1) is 0 Å². The third-order valence-electron chi connectivity index (χ3n) is 3.71. The summed E-state index contributed by atoms with van der Waals surface area (Å²) in [6, 6.07) is 0.569. The van der Waals surface area contributed by atoms with Crippen molar-refractivity contribution >= 4 is 5.91 Å². The van der Waals surface area contributed by atoms with Crippen molar-refractivity contribution in [1.29, 1.82) is 0 Å². The summed E-state index contributed by atoms with van der Waals surface area (Å²) in [6.45, 7) is 5.53. The van der Waals surface area contributed by atoms with Gasteiger partial charge in [-0.05, 0) is 26.3 Å². The Labute approximate surface area is 111 Å². The van der Waals surface area contributed by atoms with E-state index in [1.54, 1.807) is 0 Å². The molecule has 1 saturated carbocycles. The monoisotopic (exact) mass is 256 g/mol. The highest BCUT2D eigenvalue weighted by Gasteiger charge is 2.25. The van der Waals surface area contributed by atoms with Crippen LogP contribution >= 0.6 is 0 Å². The molecule has 0 aromatic carbocycles. The Bertz CT molecular complexity index is 240. The minimum absolute atomic E-state index is 0.0673. The summed E-state index contributed by atoms with van der Waals surface area (Å²) in [6.07, 6.45) is 6.43. The van der Waals surface area contributed by atoms with E-state index in [4.69, 9.17) is 5.11 Å². The van der Waals surface area contributed by atoms with Crippen molar-refractivity contribution in [2.45, 2.75) is 64.5 Å². The van der Waals surface area contributed by atoms with E-state index >= 15 is 0 Å². The fourth-order valence-electron chi connectivity index (χ4n) is 2.81. The number of nitrogens with zero attached hydrogens (tertiary/aromatic N) is 1. The van der Waals surface area contributed by atoms with Gasteiger partial charge in [-0.2, -0.15) is 0 Å². The molecular weight excluding hydrogens is 228 g/mol. The first kappa shape index (κ1) is 15.4. The zero-order valence-corrected chi connectivity index (χ0v) is 11.8. The van der Waals surface area contributed by atoms with Gasteiger partial charge >= 0.3 is 0 Å². The fourth-order valence-corrected chi connectivity index (χ4v) is 2.81. The van der Waals surface area contributed by atoms with Crippen LogP contribution in [0.25, 0.3) is 0 Å². The van der Waals surface area contributed by atoms with Crippen LogP contribution in [0.1, 0.15) is 52.4 Å². The van der Waals surface area contributed by atoms with Crippen molar-refractivity contribution in [2.24, 2.45) is 0 Å². The molecule has 0 aromatic rings. The number of carbonyl (C=O) groups is 1. The zero-order chi connectivity index (χ0) is 13.4. The van der Waals surface area contributed by atoms with E-state index < -0.39 is 0 Å². The number of hydrogen-bond donors (Lipinski definition) is 2. The smallest absolute Gasteiger partial charge is 0.224 e. The molecule has 4 heteroatoms. The van der Waals surface area contributed by atoms with Gasteiger partial charge in [0, 0.05) is 25.0 Å². The molecule has 2 N–H and O–H groups in total. The third kappa shape index (κ3) is 4.94. The van der Waals surface area contributed by atoms with E-state index in [0.717, 1.165) is 19.4 Å². The molecule has 0 radical (unpaired) electrons. The lowest BCUT2D eigenvalue weighted by Gasteiger charge is -2.34. The quantitative estimate of drug-likeness (QED) is 0.726. The molecule has 1 unspecified atom stereocenters. The number of nitrogens with one attached hydrogen (secondary N) is 1. The van der Waals surface area contributed by atoms with E-state index in [0.29, 0.717) is 19.0 Å². The highest BCUT2D eigenvalue weighted by atomic mass is 16.3. The van der Waals surface area contributed by atoms with Gasteiger partial charge in [-0.25, -0.2) is 0 Å². The average Bonchev–Trinajstić information content (AvgIpc) is 2.37. The minimum atomic E-state index is 0.0673. The second-order valence-corrected chi connectivity index (χ2v) is 5.27. The van der Waals surface area contributed by atoms with Gasteiger partial charge in [0.05, 0.1) is 6.61 Å². The first-order chi connectivity index (χ1) is 8.69. The molecule has 18 heavy (non-hydrogen) atoms. The van der Waals surface area contributed by atoms with Crippen LogP contribution in [-0.4, -0.2) is 47.7 Å². The third-order valence-corrected chi connectivity index (χ3v) is 3.71. The van der Waals surface area contributed by atoms with E-state index in [9.17, 15) is 4.79 Å². The van der Waals surface area contributed by atoms with Crippen LogP contribution in [0.4, 0.5) is 0 Å². The number of rotatable bonds is 7. The second-order valence-electron chi connectivity index (χ2n) is 5.27. The van der Waals surface area contributed by atoms with E-state index in [1.807, 2.05) is 18.7 Å². The molecule has 1 amide bonds. The maximum atomic E-state index is 12.3. The first-order valence-corrected chi connectivity index (χ1v) is 7.32. The average molecular weight is 256 g/mol. The molecule has 4 nitrogen and oxygen atoms in total. The second kappa shape index (κ2) is 8.48.